The smallest absolute Gasteiger partial charge is 0.0553 e. The summed E-state index contributed by atoms with van der Waals surface area (Å²) in [5, 5.41) is 14.1. The van der Waals surface area contributed by atoms with Gasteiger partial charge in [0.2, 0.25) is 0 Å². The minimum Gasteiger partial charge on any atom is -0.293 e. The van der Waals surface area contributed by atoms with Crippen LogP contribution in [0.25, 0.3) is 12.2 Å². The lowest BCUT2D eigenvalue weighted by molar-refractivity contribution is 0.141. The number of hydrazone groups is 2. The van der Waals surface area contributed by atoms with Crippen LogP contribution >= 0.6 is 0 Å². The number of rotatable bonds is 16. The minimum absolute atomic E-state index is 0.899. The SMILES string of the molecule is CCCCCCC(/C=N/N1CCN(/N=C/C(=C/c2ccccc2)CCCCCC)CC1)=C\c1ccccc1. The normalized spacial score (nSPS) is 15.2. The first-order valence-corrected chi connectivity index (χ1v) is 14.9. The Kier molecular flexibility index (Phi) is 14.1. The molecule has 0 aliphatic carbocycles. The molecule has 204 valence electrons. The van der Waals surface area contributed by atoms with Crippen molar-refractivity contribution < 1.29 is 0 Å². The van der Waals surface area contributed by atoms with Gasteiger partial charge in [0.05, 0.1) is 38.6 Å². The summed E-state index contributed by atoms with van der Waals surface area (Å²) in [7, 11) is 0. The lowest BCUT2D eigenvalue weighted by atomic mass is 10.0. The molecule has 0 bridgehead atoms. The largest absolute Gasteiger partial charge is 0.293 e. The summed E-state index contributed by atoms with van der Waals surface area (Å²) in [6.45, 7) is 8.12. The monoisotopic (exact) mass is 512 g/mol. The fraction of sp³-hybridized carbons (Fsp3) is 0.471. The highest BCUT2D eigenvalue weighted by molar-refractivity contribution is 5.86. The maximum Gasteiger partial charge on any atom is 0.0553 e. The first-order valence-electron chi connectivity index (χ1n) is 14.9. The lowest BCUT2D eigenvalue weighted by Gasteiger charge is -2.31. The second-order valence-corrected chi connectivity index (χ2v) is 10.3. The maximum atomic E-state index is 4.87. The van der Waals surface area contributed by atoms with Crippen LogP contribution in [0, 0.1) is 0 Å². The number of piperazine rings is 1. The zero-order valence-electron chi connectivity index (χ0n) is 23.8. The van der Waals surface area contributed by atoms with Crippen molar-refractivity contribution in [3.05, 3.63) is 82.9 Å². The fourth-order valence-electron chi connectivity index (χ4n) is 4.61. The molecule has 0 atom stereocenters. The summed E-state index contributed by atoms with van der Waals surface area (Å²) >= 11 is 0. The van der Waals surface area contributed by atoms with E-state index in [0.717, 1.165) is 39.0 Å². The zero-order chi connectivity index (χ0) is 26.7. The van der Waals surface area contributed by atoms with E-state index in [1.54, 1.807) is 0 Å². The molecule has 0 N–H and O–H groups in total. The van der Waals surface area contributed by atoms with Gasteiger partial charge in [0, 0.05) is 0 Å². The molecule has 2 aromatic rings. The lowest BCUT2D eigenvalue weighted by Crippen LogP contribution is -2.41. The molecule has 38 heavy (non-hydrogen) atoms. The van der Waals surface area contributed by atoms with Gasteiger partial charge in [-0.3, -0.25) is 10.0 Å². The van der Waals surface area contributed by atoms with E-state index in [9.17, 15) is 0 Å². The molecule has 0 unspecified atom stereocenters. The van der Waals surface area contributed by atoms with Crippen molar-refractivity contribution >= 4 is 24.6 Å². The van der Waals surface area contributed by atoms with Gasteiger partial charge in [-0.1, -0.05) is 125 Å². The molecule has 1 fully saturated rings. The summed E-state index contributed by atoms with van der Waals surface area (Å²) in [5.74, 6) is 0. The summed E-state index contributed by atoms with van der Waals surface area (Å²) < 4.78 is 0. The van der Waals surface area contributed by atoms with Gasteiger partial charge in [0.25, 0.3) is 0 Å². The molecular weight excluding hydrogens is 464 g/mol. The molecule has 1 aliphatic heterocycles. The maximum absolute atomic E-state index is 4.87. The first kappa shape index (κ1) is 29.4. The number of benzene rings is 2. The molecule has 0 aromatic heterocycles. The van der Waals surface area contributed by atoms with Gasteiger partial charge in [-0.2, -0.15) is 10.2 Å². The molecule has 0 saturated carbocycles. The number of nitrogens with zero attached hydrogens (tertiary/aromatic N) is 4. The van der Waals surface area contributed by atoms with Gasteiger partial charge in [0.15, 0.2) is 0 Å². The highest BCUT2D eigenvalue weighted by atomic mass is 15.5. The van der Waals surface area contributed by atoms with Crippen molar-refractivity contribution in [2.75, 3.05) is 26.2 Å². The van der Waals surface area contributed by atoms with E-state index in [0.29, 0.717) is 0 Å². The van der Waals surface area contributed by atoms with E-state index in [1.807, 2.05) is 0 Å². The predicted octanol–water partition coefficient (Wildman–Crippen LogP) is 8.68. The standard InChI is InChI=1S/C34H48N4/c1-3-5-7-11-21-33(27-31-17-13-9-14-18-31)29-35-37-23-25-38(26-24-37)36-30-34(22-12-8-6-4-2)28-32-19-15-10-16-20-32/h9-10,13-20,27-30H,3-8,11-12,21-26H2,1-2H3/b33-27+,34-28+,35-29+,36-30+. The third-order valence-electron chi connectivity index (χ3n) is 6.95. The first-order chi connectivity index (χ1) is 18.8. The average Bonchev–Trinajstić information content (AvgIpc) is 2.96. The van der Waals surface area contributed by atoms with Gasteiger partial charge >= 0.3 is 0 Å². The van der Waals surface area contributed by atoms with E-state index in [1.165, 1.54) is 73.6 Å². The van der Waals surface area contributed by atoms with Gasteiger partial charge in [0.1, 0.15) is 0 Å². The van der Waals surface area contributed by atoms with E-state index in [-0.39, 0.29) is 0 Å². The third-order valence-corrected chi connectivity index (χ3v) is 6.95. The van der Waals surface area contributed by atoms with Crippen molar-refractivity contribution in [1.29, 1.82) is 0 Å². The number of allylic oxidation sites excluding steroid dienone is 2. The summed E-state index contributed by atoms with van der Waals surface area (Å²) in [6, 6.07) is 21.2. The topological polar surface area (TPSA) is 31.2 Å². The number of hydrogen-bond acceptors (Lipinski definition) is 4. The number of hydrogen-bond donors (Lipinski definition) is 0. The van der Waals surface area contributed by atoms with E-state index in [2.05, 4.69) is 109 Å². The molecule has 2 aromatic carbocycles. The Morgan fingerprint density at radius 2 is 0.974 bits per heavy atom. The van der Waals surface area contributed by atoms with Crippen molar-refractivity contribution in [2.24, 2.45) is 10.2 Å². The summed E-state index contributed by atoms with van der Waals surface area (Å²) in [6.07, 6.45) is 21.1. The molecular formula is C34H48N4. The second-order valence-electron chi connectivity index (χ2n) is 10.3. The predicted molar refractivity (Wildman–Crippen MR) is 166 cm³/mol. The molecule has 0 spiro atoms. The molecule has 0 amide bonds. The number of unbranched alkanes of at least 4 members (excludes halogenated alkanes) is 6. The molecule has 3 rings (SSSR count). The quantitative estimate of drug-likeness (QED) is 0.166. The molecule has 1 aliphatic rings. The van der Waals surface area contributed by atoms with Crippen LogP contribution in [0.2, 0.25) is 0 Å². The van der Waals surface area contributed by atoms with Crippen LogP contribution in [-0.2, 0) is 0 Å². The Labute approximate surface area is 231 Å². The van der Waals surface area contributed by atoms with Crippen LogP contribution in [0.4, 0.5) is 0 Å². The Morgan fingerprint density at radius 1 is 0.579 bits per heavy atom. The highest BCUT2D eigenvalue weighted by Gasteiger charge is 2.13. The summed E-state index contributed by atoms with van der Waals surface area (Å²) in [5.41, 5.74) is 5.12. The molecule has 1 saturated heterocycles. The van der Waals surface area contributed by atoms with Crippen LogP contribution in [0.5, 0.6) is 0 Å². The van der Waals surface area contributed by atoms with Crippen molar-refractivity contribution in [3.63, 3.8) is 0 Å². The van der Waals surface area contributed by atoms with Crippen molar-refractivity contribution in [2.45, 2.75) is 78.1 Å². The summed E-state index contributed by atoms with van der Waals surface area (Å²) in [4.78, 5) is 0. The van der Waals surface area contributed by atoms with Crippen LogP contribution in [-0.4, -0.2) is 48.6 Å². The van der Waals surface area contributed by atoms with E-state index >= 15 is 0 Å². The third kappa shape index (κ3) is 11.9. The molecule has 0 radical (unpaired) electrons. The van der Waals surface area contributed by atoms with Gasteiger partial charge in [-0.15, -0.1) is 0 Å². The second kappa shape index (κ2) is 18.2. The van der Waals surface area contributed by atoms with E-state index < -0.39 is 0 Å². The molecule has 1 heterocycles. The van der Waals surface area contributed by atoms with Crippen LogP contribution < -0.4 is 0 Å². The molecule has 4 heteroatoms. The Morgan fingerprint density at radius 3 is 1.34 bits per heavy atom. The van der Waals surface area contributed by atoms with Crippen LogP contribution in [0.15, 0.2) is 82.0 Å². The van der Waals surface area contributed by atoms with Crippen LogP contribution in [0.3, 0.4) is 0 Å². The van der Waals surface area contributed by atoms with Gasteiger partial charge < -0.3 is 0 Å². The average molecular weight is 513 g/mol. The Hall–Kier alpha value is -3.14. The van der Waals surface area contributed by atoms with Crippen molar-refractivity contribution in [3.8, 4) is 0 Å². The Bertz CT molecular complexity index is 916. The van der Waals surface area contributed by atoms with Crippen molar-refractivity contribution in [1.82, 2.24) is 10.0 Å². The zero-order valence-corrected chi connectivity index (χ0v) is 23.8. The minimum atomic E-state index is 0.899. The van der Waals surface area contributed by atoms with Gasteiger partial charge in [-0.25, -0.2) is 0 Å². The van der Waals surface area contributed by atoms with Crippen LogP contribution in [0.1, 0.15) is 89.2 Å². The van der Waals surface area contributed by atoms with E-state index in [4.69, 9.17) is 10.2 Å². The Balaban J connectivity index is 1.55. The van der Waals surface area contributed by atoms with Gasteiger partial charge in [-0.05, 0) is 48.0 Å². The highest BCUT2D eigenvalue weighted by Crippen LogP contribution is 2.16. The molecule has 4 nitrogen and oxygen atoms in total. The fourth-order valence-corrected chi connectivity index (χ4v) is 4.61.